The predicted octanol–water partition coefficient (Wildman–Crippen LogP) is 4.54. The highest BCUT2D eigenvalue weighted by Gasteiger charge is 2.39. The van der Waals surface area contributed by atoms with Crippen molar-refractivity contribution in [3.8, 4) is 0 Å². The van der Waals surface area contributed by atoms with Crippen molar-refractivity contribution in [2.24, 2.45) is 0 Å². The van der Waals surface area contributed by atoms with E-state index in [9.17, 15) is 22.0 Å². The second-order valence-corrected chi connectivity index (χ2v) is 4.43. The molecule has 0 aliphatic carbocycles. The molecule has 0 amide bonds. The molecule has 0 fully saturated rings. The second-order valence-electron chi connectivity index (χ2n) is 2.79. The average molecular weight is 416 g/mol. The van der Waals surface area contributed by atoms with Crippen molar-refractivity contribution in [1.82, 2.24) is 4.98 Å². The number of rotatable bonds is 2. The number of pyridine rings is 1. The zero-order chi connectivity index (χ0) is 12.5. The van der Waals surface area contributed by atoms with Gasteiger partial charge in [0.05, 0.1) is 5.56 Å². The summed E-state index contributed by atoms with van der Waals surface area (Å²) in [6, 6.07) is 0. The molecule has 0 unspecified atom stereocenters. The third-order valence-corrected chi connectivity index (χ3v) is 3.59. The van der Waals surface area contributed by atoms with Crippen molar-refractivity contribution in [3.05, 3.63) is 26.6 Å². The van der Waals surface area contributed by atoms with Crippen molar-refractivity contribution in [1.29, 1.82) is 0 Å². The molecule has 0 saturated carbocycles. The van der Waals surface area contributed by atoms with Crippen LogP contribution in [0.25, 0.3) is 0 Å². The summed E-state index contributed by atoms with van der Waals surface area (Å²) in [4.78, 5) is 3.17. The fourth-order valence-corrected chi connectivity index (χ4v) is 2.93. The maximum atomic E-state index is 12.6. The quantitative estimate of drug-likeness (QED) is 0.392. The minimum atomic E-state index is -4.83. The molecule has 1 aromatic heterocycles. The molecule has 0 spiro atoms. The van der Waals surface area contributed by atoms with E-state index in [4.69, 9.17) is 0 Å². The highest BCUT2D eigenvalue weighted by molar-refractivity contribution is 14.1. The molecule has 1 aromatic rings. The number of halogens is 7. The summed E-state index contributed by atoms with van der Waals surface area (Å²) < 4.78 is 62.3. The average Bonchev–Trinajstić information content (AvgIpc) is 2.14. The third kappa shape index (κ3) is 2.82. The van der Waals surface area contributed by atoms with Gasteiger partial charge in [0, 0.05) is 15.1 Å². The van der Waals surface area contributed by atoms with E-state index in [1.54, 1.807) is 0 Å². The van der Waals surface area contributed by atoms with Crippen LogP contribution in [-0.4, -0.2) is 4.98 Å². The fourth-order valence-electron chi connectivity index (χ4n) is 1.07. The first kappa shape index (κ1) is 14.1. The standard InChI is InChI=1S/C8H4BrF5IN/c9-1-3-2-16-6(7(10)11)4(5(3)15)8(12,13)14/h2,7H,1H2. The van der Waals surface area contributed by atoms with Gasteiger partial charge < -0.3 is 0 Å². The van der Waals surface area contributed by atoms with E-state index in [0.717, 1.165) is 6.20 Å². The van der Waals surface area contributed by atoms with Gasteiger partial charge in [0.25, 0.3) is 6.43 Å². The molecular weight excluding hydrogens is 412 g/mol. The van der Waals surface area contributed by atoms with Crippen LogP contribution in [0.5, 0.6) is 0 Å². The Hall–Kier alpha value is 0.01000. The number of aromatic nitrogens is 1. The molecule has 1 rings (SSSR count). The van der Waals surface area contributed by atoms with Crippen molar-refractivity contribution in [2.45, 2.75) is 17.9 Å². The molecule has 1 heterocycles. The Morgan fingerprint density at radius 3 is 2.31 bits per heavy atom. The Kier molecular flexibility index (Phi) is 4.49. The van der Waals surface area contributed by atoms with Crippen molar-refractivity contribution in [3.63, 3.8) is 0 Å². The molecule has 0 aliphatic heterocycles. The van der Waals surface area contributed by atoms with Crippen molar-refractivity contribution < 1.29 is 22.0 Å². The van der Waals surface area contributed by atoms with E-state index in [-0.39, 0.29) is 14.5 Å². The Morgan fingerprint density at radius 1 is 1.38 bits per heavy atom. The van der Waals surface area contributed by atoms with Crippen LogP contribution >= 0.6 is 38.5 Å². The maximum absolute atomic E-state index is 12.6. The molecular formula is C8H4BrF5IN. The van der Waals surface area contributed by atoms with Crippen LogP contribution in [0, 0.1) is 3.57 Å². The smallest absolute Gasteiger partial charge is 0.254 e. The summed E-state index contributed by atoms with van der Waals surface area (Å²) >= 11 is 4.37. The second kappa shape index (κ2) is 5.11. The van der Waals surface area contributed by atoms with Crippen LogP contribution in [0.1, 0.15) is 23.2 Å². The Balaban J connectivity index is 3.50. The van der Waals surface area contributed by atoms with Gasteiger partial charge >= 0.3 is 6.18 Å². The highest BCUT2D eigenvalue weighted by Crippen LogP contribution is 2.39. The SMILES string of the molecule is FC(F)c1ncc(CBr)c(I)c1C(F)(F)F. The lowest BCUT2D eigenvalue weighted by atomic mass is 10.1. The van der Waals surface area contributed by atoms with E-state index < -0.39 is 23.9 Å². The third-order valence-electron chi connectivity index (χ3n) is 1.75. The highest BCUT2D eigenvalue weighted by atomic mass is 127. The molecule has 0 aromatic carbocycles. The molecule has 16 heavy (non-hydrogen) atoms. The Bertz CT molecular complexity index is 393. The molecule has 0 radical (unpaired) electrons. The Labute approximate surface area is 110 Å². The summed E-state index contributed by atoms with van der Waals surface area (Å²) in [5.74, 6) is 0. The first-order valence-corrected chi connectivity index (χ1v) is 6.07. The molecule has 0 saturated heterocycles. The largest absolute Gasteiger partial charge is 0.419 e. The molecule has 0 atom stereocenters. The number of alkyl halides is 6. The van der Waals surface area contributed by atoms with Gasteiger partial charge in [-0.2, -0.15) is 13.2 Å². The van der Waals surface area contributed by atoms with Crippen LogP contribution in [0.3, 0.4) is 0 Å². The summed E-state index contributed by atoms with van der Waals surface area (Å²) in [6.07, 6.45) is -7.05. The van der Waals surface area contributed by atoms with Crippen molar-refractivity contribution >= 4 is 38.5 Å². The zero-order valence-electron chi connectivity index (χ0n) is 7.45. The summed E-state index contributed by atoms with van der Waals surface area (Å²) in [7, 11) is 0. The summed E-state index contributed by atoms with van der Waals surface area (Å²) in [5, 5.41) is 0.130. The summed E-state index contributed by atoms with van der Waals surface area (Å²) in [6.45, 7) is 0. The van der Waals surface area contributed by atoms with Gasteiger partial charge in [-0.15, -0.1) is 0 Å². The fraction of sp³-hybridized carbons (Fsp3) is 0.375. The van der Waals surface area contributed by atoms with E-state index in [1.165, 1.54) is 22.6 Å². The lowest BCUT2D eigenvalue weighted by Gasteiger charge is -2.15. The van der Waals surface area contributed by atoms with Crippen LogP contribution in [0.4, 0.5) is 22.0 Å². The van der Waals surface area contributed by atoms with Gasteiger partial charge in [-0.3, -0.25) is 4.98 Å². The number of hydrogen-bond acceptors (Lipinski definition) is 1. The lowest BCUT2D eigenvalue weighted by Crippen LogP contribution is -2.15. The molecule has 90 valence electrons. The molecule has 0 N–H and O–H groups in total. The van der Waals surface area contributed by atoms with Crippen LogP contribution < -0.4 is 0 Å². The minimum absolute atomic E-state index is 0.130. The molecule has 0 aliphatic rings. The molecule has 0 bridgehead atoms. The van der Waals surface area contributed by atoms with E-state index in [0.29, 0.717) is 0 Å². The van der Waals surface area contributed by atoms with E-state index in [2.05, 4.69) is 20.9 Å². The lowest BCUT2D eigenvalue weighted by molar-refractivity contribution is -0.140. The molecule has 8 heteroatoms. The van der Waals surface area contributed by atoms with Gasteiger partial charge in [-0.05, 0) is 28.2 Å². The van der Waals surface area contributed by atoms with Crippen LogP contribution in [0.15, 0.2) is 6.20 Å². The maximum Gasteiger partial charge on any atom is 0.419 e. The Morgan fingerprint density at radius 2 is 1.94 bits per heavy atom. The van der Waals surface area contributed by atoms with Crippen LogP contribution in [0.2, 0.25) is 0 Å². The van der Waals surface area contributed by atoms with E-state index in [1.807, 2.05) is 0 Å². The monoisotopic (exact) mass is 415 g/mol. The normalized spacial score (nSPS) is 12.2. The predicted molar refractivity (Wildman–Crippen MR) is 59.5 cm³/mol. The first-order chi connectivity index (χ1) is 7.29. The minimum Gasteiger partial charge on any atom is -0.254 e. The topological polar surface area (TPSA) is 12.9 Å². The number of hydrogen-bond donors (Lipinski definition) is 0. The van der Waals surface area contributed by atoms with Gasteiger partial charge in [0.15, 0.2) is 0 Å². The van der Waals surface area contributed by atoms with Gasteiger partial charge in [-0.25, -0.2) is 8.78 Å². The van der Waals surface area contributed by atoms with Crippen molar-refractivity contribution in [2.75, 3.05) is 0 Å². The summed E-state index contributed by atoms with van der Waals surface area (Å²) in [5.41, 5.74) is -2.33. The van der Waals surface area contributed by atoms with E-state index >= 15 is 0 Å². The van der Waals surface area contributed by atoms with Gasteiger partial charge in [-0.1, -0.05) is 15.9 Å². The number of nitrogens with zero attached hydrogens (tertiary/aromatic N) is 1. The van der Waals surface area contributed by atoms with Gasteiger partial charge in [0.2, 0.25) is 0 Å². The zero-order valence-corrected chi connectivity index (χ0v) is 11.2. The van der Waals surface area contributed by atoms with Gasteiger partial charge in [0.1, 0.15) is 5.69 Å². The van der Waals surface area contributed by atoms with Crippen LogP contribution in [-0.2, 0) is 11.5 Å². The first-order valence-electron chi connectivity index (χ1n) is 3.87. The molecule has 1 nitrogen and oxygen atoms in total.